The van der Waals surface area contributed by atoms with Gasteiger partial charge in [-0.3, -0.25) is 4.79 Å². The van der Waals surface area contributed by atoms with E-state index in [2.05, 4.69) is 16.4 Å². The number of anilines is 1. The Labute approximate surface area is 162 Å². The van der Waals surface area contributed by atoms with Crippen LogP contribution in [0.25, 0.3) is 33.1 Å². The van der Waals surface area contributed by atoms with Crippen molar-refractivity contribution in [1.29, 1.82) is 0 Å². The lowest BCUT2D eigenvalue weighted by molar-refractivity contribution is 0.411. The predicted molar refractivity (Wildman–Crippen MR) is 114 cm³/mol. The summed E-state index contributed by atoms with van der Waals surface area (Å²) in [6.45, 7) is 0. The maximum absolute atomic E-state index is 12.4. The third-order valence-electron chi connectivity index (χ3n) is 5.74. The Bertz CT molecular complexity index is 1170. The van der Waals surface area contributed by atoms with E-state index >= 15 is 0 Å². The molecule has 5 heteroatoms. The number of hydrogen-bond acceptors (Lipinski definition) is 4. The minimum Gasteiger partial charge on any atom is -0.456 e. The summed E-state index contributed by atoms with van der Waals surface area (Å²) in [5, 5.41) is 6.22. The van der Waals surface area contributed by atoms with Crippen molar-refractivity contribution in [3.05, 3.63) is 65.1 Å². The minimum atomic E-state index is -0.0925. The molecule has 4 aromatic rings. The van der Waals surface area contributed by atoms with Crippen molar-refractivity contribution < 1.29 is 4.42 Å². The van der Waals surface area contributed by atoms with Gasteiger partial charge in [0.15, 0.2) is 0 Å². The third-order valence-corrected chi connectivity index (χ3v) is 5.74. The summed E-state index contributed by atoms with van der Waals surface area (Å²) in [4.78, 5) is 15.2. The number of aromatic amines is 1. The zero-order valence-electron chi connectivity index (χ0n) is 15.6. The fourth-order valence-corrected chi connectivity index (χ4v) is 4.17. The fourth-order valence-electron chi connectivity index (χ4n) is 4.17. The second-order valence-electron chi connectivity index (χ2n) is 7.70. The predicted octanol–water partition coefficient (Wildman–Crippen LogP) is 4.62. The largest absolute Gasteiger partial charge is 0.456 e. The molecule has 1 aliphatic carbocycles. The first kappa shape index (κ1) is 17.1. The zero-order valence-corrected chi connectivity index (χ0v) is 15.6. The van der Waals surface area contributed by atoms with E-state index in [1.165, 1.54) is 0 Å². The fraction of sp³-hybridized carbons (Fsp3) is 0.261. The van der Waals surface area contributed by atoms with Crippen LogP contribution in [0.3, 0.4) is 0 Å². The maximum atomic E-state index is 12.4. The van der Waals surface area contributed by atoms with Crippen LogP contribution in [0.2, 0.25) is 0 Å². The van der Waals surface area contributed by atoms with Crippen LogP contribution in [0.15, 0.2) is 63.9 Å². The van der Waals surface area contributed by atoms with Gasteiger partial charge >= 0.3 is 0 Å². The smallest absolute Gasteiger partial charge is 0.255 e. The average Bonchev–Trinajstić information content (AvgIpc) is 3.14. The van der Waals surface area contributed by atoms with Crippen LogP contribution in [0.5, 0.6) is 0 Å². The number of H-pyrrole nitrogens is 1. The number of fused-ring (bicyclic) bond motifs is 2. The summed E-state index contributed by atoms with van der Waals surface area (Å²) in [5.41, 5.74) is 8.68. The number of nitrogens with one attached hydrogen (secondary N) is 2. The summed E-state index contributed by atoms with van der Waals surface area (Å²) in [6.07, 6.45) is 5.99. The molecular formula is C23H23N3O2. The molecule has 2 aromatic carbocycles. The number of pyridine rings is 1. The minimum absolute atomic E-state index is 0.0925. The normalized spacial score (nSPS) is 19.9. The molecule has 142 valence electrons. The molecule has 2 heterocycles. The van der Waals surface area contributed by atoms with Crippen molar-refractivity contribution in [3.63, 3.8) is 0 Å². The van der Waals surface area contributed by atoms with E-state index in [-0.39, 0.29) is 5.56 Å². The monoisotopic (exact) mass is 373 g/mol. The first-order valence-corrected chi connectivity index (χ1v) is 9.84. The summed E-state index contributed by atoms with van der Waals surface area (Å²) in [5.74, 6) is 0.753. The van der Waals surface area contributed by atoms with Crippen LogP contribution < -0.4 is 16.6 Å². The Morgan fingerprint density at radius 2 is 1.82 bits per heavy atom. The van der Waals surface area contributed by atoms with Gasteiger partial charge in [-0.2, -0.15) is 0 Å². The Hall–Kier alpha value is -3.05. The first-order valence-electron chi connectivity index (χ1n) is 9.84. The summed E-state index contributed by atoms with van der Waals surface area (Å²) < 4.78 is 6.05. The Morgan fingerprint density at radius 1 is 1.00 bits per heavy atom. The van der Waals surface area contributed by atoms with Crippen molar-refractivity contribution in [2.24, 2.45) is 5.73 Å². The molecule has 0 unspecified atom stereocenters. The molecule has 0 bridgehead atoms. The molecule has 0 saturated heterocycles. The molecular weight excluding hydrogens is 350 g/mol. The molecule has 1 aliphatic rings. The lowest BCUT2D eigenvalue weighted by Gasteiger charge is -2.27. The molecule has 0 spiro atoms. The number of para-hydroxylation sites is 1. The zero-order chi connectivity index (χ0) is 19.1. The number of hydrogen-bond donors (Lipinski definition) is 3. The lowest BCUT2D eigenvalue weighted by atomic mass is 9.91. The SMILES string of the molecule is N[C@H]1CC[C@H](Nc2ccc3c(=O)[nH]cc(-c4cc5ccccc5o4)c3c2)CC1. The highest BCUT2D eigenvalue weighted by molar-refractivity contribution is 5.98. The standard InChI is InChI=1S/C23H23N3O2/c24-15-5-7-16(8-6-15)26-17-9-10-18-19(12-17)20(13-25-23(18)27)22-11-14-3-1-2-4-21(14)28-22/h1-4,9-13,15-16,26H,5-8,24H2,(H,25,27)/t15-,16-. The third kappa shape index (κ3) is 3.08. The molecule has 2 aromatic heterocycles. The van der Waals surface area contributed by atoms with E-state index in [0.29, 0.717) is 17.5 Å². The van der Waals surface area contributed by atoms with E-state index in [0.717, 1.165) is 59.0 Å². The highest BCUT2D eigenvalue weighted by Crippen LogP contribution is 2.33. The van der Waals surface area contributed by atoms with Gasteiger partial charge in [0.2, 0.25) is 0 Å². The molecule has 1 saturated carbocycles. The lowest BCUT2D eigenvalue weighted by Crippen LogP contribution is -2.32. The van der Waals surface area contributed by atoms with Gasteiger partial charge in [-0.15, -0.1) is 0 Å². The van der Waals surface area contributed by atoms with Gasteiger partial charge in [0.05, 0.1) is 0 Å². The van der Waals surface area contributed by atoms with Gasteiger partial charge < -0.3 is 20.5 Å². The van der Waals surface area contributed by atoms with E-state index in [1.807, 2.05) is 42.5 Å². The second-order valence-corrected chi connectivity index (χ2v) is 7.70. The summed E-state index contributed by atoms with van der Waals surface area (Å²) in [7, 11) is 0. The summed E-state index contributed by atoms with van der Waals surface area (Å²) >= 11 is 0. The van der Waals surface area contributed by atoms with Gasteiger partial charge in [0, 0.05) is 45.7 Å². The molecule has 0 radical (unpaired) electrons. The Balaban J connectivity index is 1.57. The highest BCUT2D eigenvalue weighted by atomic mass is 16.3. The van der Waals surface area contributed by atoms with Crippen LogP contribution in [0.4, 0.5) is 5.69 Å². The van der Waals surface area contributed by atoms with E-state index in [4.69, 9.17) is 10.2 Å². The second kappa shape index (κ2) is 6.84. The van der Waals surface area contributed by atoms with Crippen molar-refractivity contribution in [1.82, 2.24) is 4.98 Å². The van der Waals surface area contributed by atoms with Crippen LogP contribution >= 0.6 is 0 Å². The van der Waals surface area contributed by atoms with Crippen LogP contribution in [0, 0.1) is 0 Å². The molecule has 4 N–H and O–H groups in total. The molecule has 5 nitrogen and oxygen atoms in total. The van der Waals surface area contributed by atoms with Crippen molar-refractivity contribution in [2.75, 3.05) is 5.32 Å². The average molecular weight is 373 g/mol. The topological polar surface area (TPSA) is 84.0 Å². The van der Waals surface area contributed by atoms with Gasteiger partial charge in [0.1, 0.15) is 11.3 Å². The van der Waals surface area contributed by atoms with E-state index in [9.17, 15) is 4.79 Å². The molecule has 28 heavy (non-hydrogen) atoms. The van der Waals surface area contributed by atoms with Gasteiger partial charge in [0.25, 0.3) is 5.56 Å². The van der Waals surface area contributed by atoms with Gasteiger partial charge in [-0.1, -0.05) is 18.2 Å². The van der Waals surface area contributed by atoms with Crippen LogP contribution in [-0.4, -0.2) is 17.1 Å². The number of furan rings is 1. The number of benzene rings is 2. The molecule has 0 atom stereocenters. The maximum Gasteiger partial charge on any atom is 0.255 e. The number of aromatic nitrogens is 1. The molecule has 1 fully saturated rings. The highest BCUT2D eigenvalue weighted by Gasteiger charge is 2.19. The van der Waals surface area contributed by atoms with Crippen molar-refractivity contribution in [2.45, 2.75) is 37.8 Å². The van der Waals surface area contributed by atoms with E-state index < -0.39 is 0 Å². The van der Waals surface area contributed by atoms with Crippen LogP contribution in [0.1, 0.15) is 25.7 Å². The van der Waals surface area contributed by atoms with Crippen molar-refractivity contribution in [3.8, 4) is 11.3 Å². The molecule has 0 amide bonds. The van der Waals surface area contributed by atoms with Gasteiger partial charge in [-0.05, 0) is 56.0 Å². The number of nitrogens with two attached hydrogens (primary N) is 1. The first-order chi connectivity index (χ1) is 13.7. The summed E-state index contributed by atoms with van der Waals surface area (Å²) in [6, 6.07) is 16.6. The molecule has 5 rings (SSSR count). The Kier molecular flexibility index (Phi) is 4.17. The molecule has 0 aliphatic heterocycles. The van der Waals surface area contributed by atoms with Gasteiger partial charge in [-0.25, -0.2) is 0 Å². The van der Waals surface area contributed by atoms with Crippen molar-refractivity contribution >= 4 is 27.4 Å². The van der Waals surface area contributed by atoms with Crippen LogP contribution in [-0.2, 0) is 0 Å². The quantitative estimate of drug-likeness (QED) is 0.489. The van der Waals surface area contributed by atoms with E-state index in [1.54, 1.807) is 6.20 Å². The number of rotatable bonds is 3. The Morgan fingerprint density at radius 3 is 2.64 bits per heavy atom.